The van der Waals surface area contributed by atoms with E-state index in [1.54, 1.807) is 4.90 Å². The predicted molar refractivity (Wildman–Crippen MR) is 81.0 cm³/mol. The van der Waals surface area contributed by atoms with Crippen LogP contribution in [0.5, 0.6) is 0 Å². The van der Waals surface area contributed by atoms with Crippen LogP contribution in [-0.2, 0) is 21.1 Å². The Labute approximate surface area is 125 Å². The molecule has 2 rings (SSSR count). The van der Waals surface area contributed by atoms with Crippen LogP contribution in [0, 0.1) is 0 Å². The van der Waals surface area contributed by atoms with Crippen molar-refractivity contribution in [2.45, 2.75) is 25.8 Å². The summed E-state index contributed by atoms with van der Waals surface area (Å²) in [6, 6.07) is 6.74. The first kappa shape index (κ1) is 16.0. The number of carboxylic acids is 1. The molecule has 1 unspecified atom stereocenters. The minimum atomic E-state index is -3.09. The quantitative estimate of drug-likeness (QED) is 0.861. The van der Waals surface area contributed by atoms with Crippen LogP contribution in [0.4, 0.5) is 0 Å². The summed E-state index contributed by atoms with van der Waals surface area (Å²) in [6.45, 7) is 2.68. The molecule has 0 aromatic heterocycles. The maximum Gasteiger partial charge on any atom is 0.325 e. The number of fused-ring (bicyclic) bond motifs is 1. The van der Waals surface area contributed by atoms with E-state index in [4.69, 9.17) is 0 Å². The Morgan fingerprint density at radius 1 is 1.33 bits per heavy atom. The molecule has 1 aromatic carbocycles. The number of hydrogen-bond acceptors (Lipinski definition) is 4. The van der Waals surface area contributed by atoms with E-state index in [0.717, 1.165) is 17.5 Å². The molecule has 21 heavy (non-hydrogen) atoms. The van der Waals surface area contributed by atoms with Crippen molar-refractivity contribution in [3.8, 4) is 0 Å². The first-order valence-corrected chi connectivity index (χ1v) is 9.02. The molecule has 0 saturated carbocycles. The largest absolute Gasteiger partial charge is 0.480 e. The molecule has 0 saturated heterocycles. The zero-order valence-corrected chi connectivity index (χ0v) is 13.0. The third kappa shape index (κ3) is 3.83. The lowest BCUT2D eigenvalue weighted by Crippen LogP contribution is -2.42. The van der Waals surface area contributed by atoms with Crippen molar-refractivity contribution in [1.82, 2.24) is 4.90 Å². The number of aliphatic carboxylic acids is 1. The molecule has 0 amide bonds. The number of nitrogens with zero attached hydrogens (tertiary/aromatic N) is 1. The monoisotopic (exact) mass is 311 g/mol. The molecular weight excluding hydrogens is 290 g/mol. The van der Waals surface area contributed by atoms with E-state index in [1.165, 1.54) is 0 Å². The second-order valence-electron chi connectivity index (χ2n) is 5.38. The highest BCUT2D eigenvalue weighted by molar-refractivity contribution is 7.91. The number of carboxylic acid groups (broad SMARTS) is 1. The van der Waals surface area contributed by atoms with E-state index < -0.39 is 21.8 Å². The van der Waals surface area contributed by atoms with Gasteiger partial charge in [-0.25, -0.2) is 8.42 Å². The first-order chi connectivity index (χ1) is 9.94. The highest BCUT2D eigenvalue weighted by Crippen LogP contribution is 2.29. The fraction of sp³-hybridized carbons (Fsp3) is 0.533. The maximum absolute atomic E-state index is 11.8. The van der Waals surface area contributed by atoms with E-state index >= 15 is 0 Å². The number of benzene rings is 1. The van der Waals surface area contributed by atoms with Crippen molar-refractivity contribution in [2.75, 3.05) is 24.6 Å². The molecule has 1 aliphatic heterocycles. The normalized spacial score (nSPS) is 19.2. The van der Waals surface area contributed by atoms with Crippen LogP contribution in [0.3, 0.4) is 0 Å². The molecule has 0 radical (unpaired) electrons. The van der Waals surface area contributed by atoms with Crippen LogP contribution in [0.25, 0.3) is 0 Å². The average Bonchev–Trinajstić information content (AvgIpc) is 2.44. The number of hydrogen-bond donors (Lipinski definition) is 1. The molecular formula is C15H21NO4S. The summed E-state index contributed by atoms with van der Waals surface area (Å²) in [5.41, 5.74) is 1.82. The predicted octanol–water partition coefficient (Wildman–Crippen LogP) is 1.50. The Morgan fingerprint density at radius 3 is 2.71 bits per heavy atom. The molecule has 1 heterocycles. The van der Waals surface area contributed by atoms with Crippen LogP contribution in [0.1, 0.15) is 30.5 Å². The fourth-order valence-corrected chi connectivity index (χ4v) is 4.16. The minimum absolute atomic E-state index is 0.0206. The fourth-order valence-electron chi connectivity index (χ4n) is 2.82. The molecule has 1 N–H and O–H groups in total. The van der Waals surface area contributed by atoms with Gasteiger partial charge in [-0.1, -0.05) is 31.2 Å². The minimum Gasteiger partial charge on any atom is -0.480 e. The summed E-state index contributed by atoms with van der Waals surface area (Å²) in [5, 5.41) is 9.50. The standard InChI is InChI=1S/C15H21NO4S/c1-2-10-21(19,20)11-9-16-8-7-12-5-3-4-6-13(12)14(16)15(17)18/h3-6,14H,2,7-11H2,1H3,(H,17,18). The Kier molecular flexibility index (Phi) is 5.00. The highest BCUT2D eigenvalue weighted by Gasteiger charge is 2.33. The van der Waals surface area contributed by atoms with E-state index in [-0.39, 0.29) is 18.1 Å². The number of sulfone groups is 1. The Bertz CT molecular complexity index is 612. The summed E-state index contributed by atoms with van der Waals surface area (Å²) < 4.78 is 23.6. The van der Waals surface area contributed by atoms with Gasteiger partial charge in [0.1, 0.15) is 6.04 Å². The van der Waals surface area contributed by atoms with Crippen LogP contribution in [0.2, 0.25) is 0 Å². The van der Waals surface area contributed by atoms with Crippen molar-refractivity contribution in [1.29, 1.82) is 0 Å². The lowest BCUT2D eigenvalue weighted by Gasteiger charge is -2.34. The molecule has 0 fully saturated rings. The lowest BCUT2D eigenvalue weighted by atomic mass is 9.93. The van der Waals surface area contributed by atoms with E-state index in [9.17, 15) is 18.3 Å². The van der Waals surface area contributed by atoms with Gasteiger partial charge in [-0.3, -0.25) is 9.69 Å². The lowest BCUT2D eigenvalue weighted by molar-refractivity contribution is -0.143. The SMILES string of the molecule is CCCS(=O)(=O)CCN1CCc2ccccc2C1C(=O)O. The Morgan fingerprint density at radius 2 is 2.05 bits per heavy atom. The van der Waals surface area contributed by atoms with E-state index in [2.05, 4.69) is 0 Å². The Hall–Kier alpha value is -1.40. The maximum atomic E-state index is 11.8. The van der Waals surface area contributed by atoms with Gasteiger partial charge in [0.15, 0.2) is 9.84 Å². The second kappa shape index (κ2) is 6.58. The number of carbonyl (C=O) groups is 1. The van der Waals surface area contributed by atoms with Gasteiger partial charge in [0.05, 0.1) is 5.75 Å². The third-order valence-electron chi connectivity index (χ3n) is 3.82. The summed E-state index contributed by atoms with van der Waals surface area (Å²) in [4.78, 5) is 13.3. The molecule has 0 spiro atoms. The summed E-state index contributed by atoms with van der Waals surface area (Å²) in [6.07, 6.45) is 1.35. The van der Waals surface area contributed by atoms with Crippen molar-refractivity contribution in [2.24, 2.45) is 0 Å². The van der Waals surface area contributed by atoms with Gasteiger partial charge in [-0.05, 0) is 24.0 Å². The van der Waals surface area contributed by atoms with E-state index in [1.807, 2.05) is 31.2 Å². The van der Waals surface area contributed by atoms with Gasteiger partial charge >= 0.3 is 5.97 Å². The van der Waals surface area contributed by atoms with Gasteiger partial charge in [0.25, 0.3) is 0 Å². The average molecular weight is 311 g/mol. The molecule has 0 bridgehead atoms. The molecule has 1 aliphatic rings. The van der Waals surface area contributed by atoms with Gasteiger partial charge in [-0.15, -0.1) is 0 Å². The van der Waals surface area contributed by atoms with Gasteiger partial charge in [0, 0.05) is 18.8 Å². The van der Waals surface area contributed by atoms with Crippen LogP contribution in [0.15, 0.2) is 24.3 Å². The van der Waals surface area contributed by atoms with E-state index in [0.29, 0.717) is 13.0 Å². The smallest absolute Gasteiger partial charge is 0.325 e. The molecule has 116 valence electrons. The summed E-state index contributed by atoms with van der Waals surface area (Å²) in [5.74, 6) is -0.739. The zero-order valence-electron chi connectivity index (χ0n) is 12.2. The number of rotatable bonds is 6. The van der Waals surface area contributed by atoms with Gasteiger partial charge in [-0.2, -0.15) is 0 Å². The molecule has 5 nitrogen and oxygen atoms in total. The molecule has 1 atom stereocenters. The second-order valence-corrected chi connectivity index (χ2v) is 7.68. The summed E-state index contributed by atoms with van der Waals surface area (Å²) >= 11 is 0. The van der Waals surface area contributed by atoms with Crippen molar-refractivity contribution in [3.63, 3.8) is 0 Å². The summed E-state index contributed by atoms with van der Waals surface area (Å²) in [7, 11) is -3.09. The first-order valence-electron chi connectivity index (χ1n) is 7.19. The van der Waals surface area contributed by atoms with Crippen molar-refractivity contribution >= 4 is 15.8 Å². The Balaban J connectivity index is 2.16. The van der Waals surface area contributed by atoms with Crippen LogP contribution in [-0.4, -0.2) is 49.0 Å². The molecule has 1 aromatic rings. The van der Waals surface area contributed by atoms with Crippen molar-refractivity contribution in [3.05, 3.63) is 35.4 Å². The third-order valence-corrected chi connectivity index (χ3v) is 5.66. The van der Waals surface area contributed by atoms with Crippen LogP contribution < -0.4 is 0 Å². The molecule has 6 heteroatoms. The van der Waals surface area contributed by atoms with Gasteiger partial charge < -0.3 is 5.11 Å². The topological polar surface area (TPSA) is 74.7 Å². The molecule has 0 aliphatic carbocycles. The highest BCUT2D eigenvalue weighted by atomic mass is 32.2. The zero-order chi connectivity index (χ0) is 15.5. The van der Waals surface area contributed by atoms with Crippen molar-refractivity contribution < 1.29 is 18.3 Å². The van der Waals surface area contributed by atoms with Crippen LogP contribution >= 0.6 is 0 Å². The van der Waals surface area contributed by atoms with Gasteiger partial charge in [0.2, 0.25) is 0 Å².